The molecule has 5 rings (SSSR count). The van der Waals surface area contributed by atoms with Crippen LogP contribution in [0.2, 0.25) is 0 Å². The minimum Gasteiger partial charge on any atom is -0.465 e. The van der Waals surface area contributed by atoms with Crippen LogP contribution in [0, 0.1) is 5.41 Å². The number of alkyl carbamates (subject to hydrolysis) is 1. The molecule has 3 heterocycles. The molecular formula is C32H35N5O6. The fourth-order valence-electron chi connectivity index (χ4n) is 5.41. The Labute approximate surface area is 249 Å². The first kappa shape index (κ1) is 29.7. The number of aliphatic hydroxyl groups is 1. The smallest absolute Gasteiger partial charge is 0.407 e. The van der Waals surface area contributed by atoms with Gasteiger partial charge in [-0.15, -0.1) is 0 Å². The quantitative estimate of drug-likeness (QED) is 0.235. The van der Waals surface area contributed by atoms with E-state index in [0.717, 1.165) is 11.1 Å². The molecule has 2 amide bonds. The van der Waals surface area contributed by atoms with Crippen LogP contribution in [0.25, 0.3) is 11.4 Å². The SMILES string of the molecule is CC(C)c1ccc([C@](O)(c2cncc(-c3noc(CCNC(=O)OCc4ccccc4)n3)c2)C2(C)CN(C(=O)O)C2)cc1. The summed E-state index contributed by atoms with van der Waals surface area (Å²) in [5, 5.41) is 28.7. The molecule has 224 valence electrons. The van der Waals surface area contributed by atoms with Crippen LogP contribution in [0.4, 0.5) is 9.59 Å². The van der Waals surface area contributed by atoms with Crippen LogP contribution >= 0.6 is 0 Å². The normalized spacial score (nSPS) is 15.4. The van der Waals surface area contributed by atoms with Gasteiger partial charge in [0.05, 0.1) is 0 Å². The van der Waals surface area contributed by atoms with E-state index < -0.39 is 23.2 Å². The highest BCUT2D eigenvalue weighted by atomic mass is 16.5. The van der Waals surface area contributed by atoms with Crippen LogP contribution in [0.15, 0.2) is 77.6 Å². The second kappa shape index (κ2) is 12.2. The number of carbonyl (C=O) groups excluding carboxylic acids is 1. The molecule has 2 aromatic carbocycles. The van der Waals surface area contributed by atoms with E-state index in [-0.39, 0.29) is 38.5 Å². The van der Waals surface area contributed by atoms with Gasteiger partial charge in [-0.2, -0.15) is 4.98 Å². The summed E-state index contributed by atoms with van der Waals surface area (Å²) in [6.07, 6.45) is 1.87. The number of hydrogen-bond acceptors (Lipinski definition) is 8. The Morgan fingerprint density at radius 2 is 1.81 bits per heavy atom. The average molecular weight is 586 g/mol. The largest absolute Gasteiger partial charge is 0.465 e. The lowest BCUT2D eigenvalue weighted by Gasteiger charge is -2.55. The van der Waals surface area contributed by atoms with Crippen LogP contribution in [-0.4, -0.2) is 62.1 Å². The zero-order chi connectivity index (χ0) is 30.6. The predicted octanol–water partition coefficient (Wildman–Crippen LogP) is 4.96. The summed E-state index contributed by atoms with van der Waals surface area (Å²) < 4.78 is 10.6. The monoisotopic (exact) mass is 585 g/mol. The predicted molar refractivity (Wildman–Crippen MR) is 157 cm³/mol. The Hall–Kier alpha value is -4.77. The van der Waals surface area contributed by atoms with E-state index in [1.807, 2.05) is 61.5 Å². The summed E-state index contributed by atoms with van der Waals surface area (Å²) in [4.78, 5) is 33.8. The molecule has 11 nitrogen and oxygen atoms in total. The maximum Gasteiger partial charge on any atom is 0.407 e. The number of benzene rings is 2. The van der Waals surface area contributed by atoms with Gasteiger partial charge in [0.25, 0.3) is 0 Å². The van der Waals surface area contributed by atoms with Crippen molar-refractivity contribution in [2.75, 3.05) is 19.6 Å². The van der Waals surface area contributed by atoms with E-state index in [1.165, 1.54) is 4.90 Å². The Morgan fingerprint density at radius 1 is 1.09 bits per heavy atom. The summed E-state index contributed by atoms with van der Waals surface area (Å²) >= 11 is 0. The maximum absolute atomic E-state index is 12.4. The molecule has 1 aliphatic rings. The van der Waals surface area contributed by atoms with Crippen LogP contribution < -0.4 is 5.32 Å². The number of nitrogens with zero attached hydrogens (tertiary/aromatic N) is 4. The number of ether oxygens (including phenoxy) is 1. The lowest BCUT2D eigenvalue weighted by Crippen LogP contribution is -2.66. The van der Waals surface area contributed by atoms with Crippen molar-refractivity contribution in [1.82, 2.24) is 25.3 Å². The highest BCUT2D eigenvalue weighted by molar-refractivity contribution is 5.67. The number of aromatic nitrogens is 3. The average Bonchev–Trinajstić information content (AvgIpc) is 3.47. The summed E-state index contributed by atoms with van der Waals surface area (Å²) in [5.74, 6) is 0.905. The minimum absolute atomic E-state index is 0.155. The number of likely N-dealkylation sites (tertiary alicyclic amines) is 1. The van der Waals surface area contributed by atoms with Crippen LogP contribution in [-0.2, 0) is 23.4 Å². The minimum atomic E-state index is -1.55. The van der Waals surface area contributed by atoms with Crippen molar-refractivity contribution in [2.45, 2.75) is 45.3 Å². The highest BCUT2D eigenvalue weighted by Gasteiger charge is 2.57. The van der Waals surface area contributed by atoms with E-state index in [9.17, 15) is 19.8 Å². The molecular weight excluding hydrogens is 550 g/mol. The Balaban J connectivity index is 1.31. The van der Waals surface area contributed by atoms with Crippen molar-refractivity contribution in [3.63, 3.8) is 0 Å². The number of nitrogens with one attached hydrogen (secondary N) is 1. The molecule has 3 N–H and O–H groups in total. The van der Waals surface area contributed by atoms with Gasteiger partial charge in [0.1, 0.15) is 12.2 Å². The topological polar surface area (TPSA) is 151 Å². The van der Waals surface area contributed by atoms with E-state index in [0.29, 0.717) is 28.5 Å². The fourth-order valence-corrected chi connectivity index (χ4v) is 5.41. The van der Waals surface area contributed by atoms with Gasteiger partial charge in [0.15, 0.2) is 0 Å². The molecule has 43 heavy (non-hydrogen) atoms. The van der Waals surface area contributed by atoms with Crippen LogP contribution in [0.5, 0.6) is 0 Å². The standard InChI is InChI=1S/C32H35N5O6/c1-21(2)23-9-11-25(12-10-23)32(41,31(3)19-37(20-31)30(39)40)26-15-24(16-33-17-26)28-35-27(43-36-28)13-14-34-29(38)42-18-22-7-5-4-6-8-22/h4-12,15-17,21,41H,13-14,18-20H2,1-3H3,(H,34,38)(H,39,40)/t32-/m0/s1. The summed E-state index contributed by atoms with van der Waals surface area (Å²) in [5.41, 5.74) is 1.31. The lowest BCUT2D eigenvalue weighted by molar-refractivity contribution is -0.124. The van der Waals surface area contributed by atoms with Gasteiger partial charge in [-0.25, -0.2) is 9.59 Å². The number of carbonyl (C=O) groups is 2. The van der Waals surface area contributed by atoms with Gasteiger partial charge in [0, 0.05) is 55.0 Å². The third-order valence-electron chi connectivity index (χ3n) is 7.92. The molecule has 1 atom stereocenters. The van der Waals surface area contributed by atoms with Gasteiger partial charge >= 0.3 is 12.2 Å². The number of pyridine rings is 1. The van der Waals surface area contributed by atoms with Gasteiger partial charge in [-0.3, -0.25) is 4.98 Å². The van der Waals surface area contributed by atoms with Gasteiger partial charge in [0.2, 0.25) is 11.7 Å². The molecule has 1 fully saturated rings. The number of hydrogen-bond donors (Lipinski definition) is 3. The van der Waals surface area contributed by atoms with Crippen molar-refractivity contribution in [3.05, 3.63) is 101 Å². The third-order valence-corrected chi connectivity index (χ3v) is 7.92. The lowest BCUT2D eigenvalue weighted by atomic mass is 9.62. The summed E-state index contributed by atoms with van der Waals surface area (Å²) in [7, 11) is 0. The molecule has 0 bridgehead atoms. The second-order valence-electron chi connectivity index (χ2n) is 11.4. The third kappa shape index (κ3) is 6.21. The van der Waals surface area contributed by atoms with Crippen LogP contribution in [0.3, 0.4) is 0 Å². The molecule has 0 spiro atoms. The molecule has 0 unspecified atom stereocenters. The van der Waals surface area contributed by atoms with E-state index in [2.05, 4.69) is 34.3 Å². The zero-order valence-corrected chi connectivity index (χ0v) is 24.4. The van der Waals surface area contributed by atoms with E-state index >= 15 is 0 Å². The number of rotatable bonds is 10. The van der Waals surface area contributed by atoms with E-state index in [1.54, 1.807) is 18.5 Å². The molecule has 0 aliphatic carbocycles. The van der Waals surface area contributed by atoms with Crippen molar-refractivity contribution in [1.29, 1.82) is 0 Å². The van der Waals surface area contributed by atoms with Crippen molar-refractivity contribution in [2.24, 2.45) is 5.41 Å². The first-order valence-corrected chi connectivity index (χ1v) is 14.1. The molecule has 4 aromatic rings. The summed E-state index contributed by atoms with van der Waals surface area (Å²) in [6.45, 7) is 6.78. The molecule has 1 saturated heterocycles. The molecule has 1 aliphatic heterocycles. The first-order chi connectivity index (χ1) is 20.6. The zero-order valence-electron chi connectivity index (χ0n) is 24.4. The Kier molecular flexibility index (Phi) is 8.45. The van der Waals surface area contributed by atoms with Crippen molar-refractivity contribution >= 4 is 12.2 Å². The van der Waals surface area contributed by atoms with Gasteiger partial charge in [-0.1, -0.05) is 80.5 Å². The molecule has 11 heteroatoms. The van der Waals surface area contributed by atoms with E-state index in [4.69, 9.17) is 9.26 Å². The van der Waals surface area contributed by atoms with Gasteiger partial charge in [-0.05, 0) is 28.7 Å². The molecule has 0 saturated carbocycles. The van der Waals surface area contributed by atoms with Crippen molar-refractivity contribution in [3.8, 4) is 11.4 Å². The maximum atomic E-state index is 12.4. The molecule has 2 aromatic heterocycles. The number of amides is 2. The second-order valence-corrected chi connectivity index (χ2v) is 11.4. The first-order valence-electron chi connectivity index (χ1n) is 14.1. The number of carboxylic acid groups (broad SMARTS) is 1. The van der Waals surface area contributed by atoms with Crippen molar-refractivity contribution < 1.29 is 29.1 Å². The van der Waals surface area contributed by atoms with Gasteiger partial charge < -0.3 is 29.7 Å². The Morgan fingerprint density at radius 3 is 2.49 bits per heavy atom. The fraction of sp³-hybridized carbons (Fsp3) is 0.344. The molecule has 0 radical (unpaired) electrons. The Bertz CT molecular complexity index is 1570. The van der Waals surface area contributed by atoms with Crippen LogP contribution in [0.1, 0.15) is 54.8 Å². The highest BCUT2D eigenvalue weighted by Crippen LogP contribution is 2.51. The summed E-state index contributed by atoms with van der Waals surface area (Å²) in [6, 6.07) is 18.9.